The van der Waals surface area contributed by atoms with E-state index in [0.717, 1.165) is 0 Å². The summed E-state index contributed by atoms with van der Waals surface area (Å²) in [4.78, 5) is -0.0979. The average molecular weight is 508 g/mol. The van der Waals surface area contributed by atoms with Crippen molar-refractivity contribution in [1.29, 1.82) is 0 Å². The molecule has 13 heteroatoms. The molecule has 178 valence electrons. The van der Waals surface area contributed by atoms with Crippen LogP contribution < -0.4 is 15.8 Å². The van der Waals surface area contributed by atoms with Crippen LogP contribution in [0.2, 0.25) is 5.02 Å². The van der Waals surface area contributed by atoms with Gasteiger partial charge in [0.2, 0.25) is 15.8 Å². The highest BCUT2D eigenvalue weighted by atomic mass is 35.5. The lowest BCUT2D eigenvalue weighted by molar-refractivity contribution is -0.276. The molecule has 0 aromatic heterocycles. The zero-order valence-electron chi connectivity index (χ0n) is 18.0. The van der Waals surface area contributed by atoms with Gasteiger partial charge < -0.3 is 34.3 Å². The van der Waals surface area contributed by atoms with Gasteiger partial charge >= 0.3 is 0 Å². The first-order valence-electron chi connectivity index (χ1n) is 9.95. The normalized spacial score (nSPS) is 32.8. The Hall–Kier alpha value is -1.09. The molecule has 4 atom stereocenters. The molecule has 3 heterocycles. The first-order chi connectivity index (χ1) is 14.7. The van der Waals surface area contributed by atoms with Crippen LogP contribution >= 0.6 is 23.8 Å². The van der Waals surface area contributed by atoms with Gasteiger partial charge in [-0.3, -0.25) is 0 Å². The van der Waals surface area contributed by atoms with Crippen LogP contribution in [-0.4, -0.2) is 62.4 Å². The average Bonchev–Trinajstić information content (AvgIpc) is 3.12. The lowest BCUT2D eigenvalue weighted by atomic mass is 9.97. The number of fused-ring (bicyclic) bond motifs is 3. The Bertz CT molecular complexity index is 1040. The fourth-order valence-electron chi connectivity index (χ4n) is 4.13. The van der Waals surface area contributed by atoms with Crippen LogP contribution in [0.5, 0.6) is 0 Å². The number of primary sulfonamides is 1. The lowest BCUT2D eigenvalue weighted by Gasteiger charge is -2.40. The quantitative estimate of drug-likeness (QED) is 0.517. The number of anilines is 1. The van der Waals surface area contributed by atoms with Crippen molar-refractivity contribution >= 4 is 44.6 Å². The van der Waals surface area contributed by atoms with E-state index in [-0.39, 0.29) is 40.4 Å². The minimum Gasteiger partial charge on any atom is -0.357 e. The summed E-state index contributed by atoms with van der Waals surface area (Å²) in [6.07, 6.45) is -1.20. The molecule has 4 rings (SSSR count). The molecule has 0 unspecified atom stereocenters. The third kappa shape index (κ3) is 4.74. The first kappa shape index (κ1) is 24.0. The molecule has 3 aliphatic rings. The van der Waals surface area contributed by atoms with Gasteiger partial charge in [0, 0.05) is 0 Å². The Kier molecular flexibility index (Phi) is 6.01. The second-order valence-corrected chi connectivity index (χ2v) is 11.2. The summed E-state index contributed by atoms with van der Waals surface area (Å²) in [6.45, 7) is 7.72. The van der Waals surface area contributed by atoms with Crippen molar-refractivity contribution in [3.8, 4) is 0 Å². The highest BCUT2D eigenvalue weighted by Gasteiger charge is 2.65. The number of halogens is 1. The van der Waals surface area contributed by atoms with Crippen molar-refractivity contribution in [2.45, 2.75) is 68.3 Å². The number of benzene rings is 1. The third-order valence-corrected chi connectivity index (χ3v) is 6.76. The Morgan fingerprint density at radius 3 is 2.59 bits per heavy atom. The molecule has 32 heavy (non-hydrogen) atoms. The molecule has 4 N–H and O–H groups in total. The summed E-state index contributed by atoms with van der Waals surface area (Å²) in [5.41, 5.74) is 0.411. The molecule has 0 amide bonds. The van der Waals surface area contributed by atoms with Crippen LogP contribution in [-0.2, 0) is 33.7 Å². The molecule has 0 spiro atoms. The highest BCUT2D eigenvalue weighted by Crippen LogP contribution is 2.47. The Labute approximate surface area is 197 Å². The van der Waals surface area contributed by atoms with Crippen molar-refractivity contribution < 1.29 is 32.1 Å². The summed E-state index contributed by atoms with van der Waals surface area (Å²) >= 11 is 11.6. The van der Waals surface area contributed by atoms with Crippen molar-refractivity contribution in [2.24, 2.45) is 5.14 Å². The second kappa shape index (κ2) is 8.00. The number of thiocarbonyl (C=S) groups is 1. The van der Waals surface area contributed by atoms with Crippen LogP contribution in [0, 0.1) is 0 Å². The van der Waals surface area contributed by atoms with Gasteiger partial charge in [-0.1, -0.05) is 11.6 Å². The molecular weight excluding hydrogens is 482 g/mol. The number of rotatable bonds is 4. The van der Waals surface area contributed by atoms with Gasteiger partial charge in [0.1, 0.15) is 18.3 Å². The van der Waals surface area contributed by atoms with E-state index in [0.29, 0.717) is 5.69 Å². The van der Waals surface area contributed by atoms with E-state index in [9.17, 15) is 8.42 Å². The molecule has 10 nitrogen and oxygen atoms in total. The van der Waals surface area contributed by atoms with Crippen molar-refractivity contribution in [2.75, 3.05) is 18.5 Å². The van der Waals surface area contributed by atoms with Crippen LogP contribution in [0.15, 0.2) is 23.1 Å². The topological polar surface area (TPSA) is 130 Å². The first-order valence-corrected chi connectivity index (χ1v) is 12.3. The number of sulfonamides is 1. The fraction of sp³-hybridized carbons (Fsp3) is 0.632. The standard InChI is InChI=1S/C19H26ClN3O7S2/c1-17(2)27-13-8-26-19(15(14(13)28-17)29-18(3,4)30-19)9-22-16(31)23-12-6-5-10(7-11(12)20)32(21,24)25/h5-7,13-15H,8-9H2,1-4H3,(H2,21,24,25)(H2,22,23,31)/t13-,14-,15+,19+/m1/s1. The van der Waals surface area contributed by atoms with E-state index in [4.69, 9.17) is 52.6 Å². The van der Waals surface area contributed by atoms with E-state index in [1.807, 2.05) is 13.8 Å². The predicted molar refractivity (Wildman–Crippen MR) is 120 cm³/mol. The number of nitrogens with two attached hydrogens (primary N) is 1. The molecule has 3 saturated heterocycles. The van der Waals surface area contributed by atoms with Gasteiger partial charge in [-0.15, -0.1) is 0 Å². The number of ether oxygens (including phenoxy) is 5. The Balaban J connectivity index is 1.46. The number of nitrogens with one attached hydrogen (secondary N) is 2. The van der Waals surface area contributed by atoms with Crippen LogP contribution in [0.25, 0.3) is 0 Å². The van der Waals surface area contributed by atoms with Gasteiger partial charge in [-0.05, 0) is 58.1 Å². The summed E-state index contributed by atoms with van der Waals surface area (Å²) in [5.74, 6) is -2.81. The molecule has 1 aromatic rings. The van der Waals surface area contributed by atoms with E-state index >= 15 is 0 Å². The third-order valence-electron chi connectivity index (χ3n) is 5.29. The maximum Gasteiger partial charge on any atom is 0.238 e. The summed E-state index contributed by atoms with van der Waals surface area (Å²) in [7, 11) is -3.86. The van der Waals surface area contributed by atoms with E-state index in [1.165, 1.54) is 18.2 Å². The van der Waals surface area contributed by atoms with Gasteiger partial charge in [0.05, 0.1) is 28.8 Å². The number of hydrogen-bond acceptors (Lipinski definition) is 8. The summed E-state index contributed by atoms with van der Waals surface area (Å²) in [5, 5.41) is 11.5. The van der Waals surface area contributed by atoms with Gasteiger partial charge in [0.25, 0.3) is 0 Å². The zero-order valence-corrected chi connectivity index (χ0v) is 20.4. The molecule has 0 bridgehead atoms. The maximum absolute atomic E-state index is 11.5. The summed E-state index contributed by atoms with van der Waals surface area (Å²) in [6, 6.07) is 4.06. The zero-order chi connectivity index (χ0) is 23.5. The van der Waals surface area contributed by atoms with Crippen LogP contribution in [0.3, 0.4) is 0 Å². The molecule has 0 aliphatic carbocycles. The van der Waals surface area contributed by atoms with Gasteiger partial charge in [-0.2, -0.15) is 0 Å². The SMILES string of the molecule is CC1(C)O[C@@H]2[C@@H](CO[C@@]3(CNC(=S)Nc4ccc(S(N)(=O)=O)cc4Cl)OC(C)(C)O[C@@H]23)O1. The Morgan fingerprint density at radius 2 is 1.94 bits per heavy atom. The van der Waals surface area contributed by atoms with Crippen LogP contribution in [0.1, 0.15) is 27.7 Å². The minimum atomic E-state index is -3.86. The van der Waals surface area contributed by atoms with E-state index in [1.54, 1.807) is 13.8 Å². The molecule has 3 fully saturated rings. The highest BCUT2D eigenvalue weighted by molar-refractivity contribution is 7.89. The second-order valence-electron chi connectivity index (χ2n) is 8.80. The molecule has 1 aromatic carbocycles. The fourth-order valence-corrected chi connectivity index (χ4v) is 5.14. The lowest BCUT2D eigenvalue weighted by Crippen LogP contribution is -2.62. The van der Waals surface area contributed by atoms with Gasteiger partial charge in [-0.25, -0.2) is 13.6 Å². The van der Waals surface area contributed by atoms with E-state index < -0.39 is 33.5 Å². The minimum absolute atomic E-state index is 0.0979. The van der Waals surface area contributed by atoms with Crippen molar-refractivity contribution in [3.05, 3.63) is 23.2 Å². The molecule has 0 saturated carbocycles. The van der Waals surface area contributed by atoms with Crippen molar-refractivity contribution in [1.82, 2.24) is 5.32 Å². The van der Waals surface area contributed by atoms with Crippen LogP contribution in [0.4, 0.5) is 5.69 Å². The molecule has 0 radical (unpaired) electrons. The molecular formula is C19H26ClN3O7S2. The predicted octanol–water partition coefficient (Wildman–Crippen LogP) is 1.67. The molecule has 3 aliphatic heterocycles. The smallest absolute Gasteiger partial charge is 0.238 e. The van der Waals surface area contributed by atoms with Gasteiger partial charge in [0.15, 0.2) is 16.7 Å². The Morgan fingerprint density at radius 1 is 1.22 bits per heavy atom. The monoisotopic (exact) mass is 507 g/mol. The summed E-state index contributed by atoms with van der Waals surface area (Å²) < 4.78 is 53.3. The largest absolute Gasteiger partial charge is 0.357 e. The number of hydrogen-bond donors (Lipinski definition) is 3. The van der Waals surface area contributed by atoms with E-state index in [2.05, 4.69) is 10.6 Å². The maximum atomic E-state index is 11.5. The van der Waals surface area contributed by atoms with Crippen molar-refractivity contribution in [3.63, 3.8) is 0 Å².